The first-order chi connectivity index (χ1) is 10.5. The third-order valence-electron chi connectivity index (χ3n) is 5.50. The van der Waals surface area contributed by atoms with E-state index in [1.165, 1.54) is 18.4 Å². The second kappa shape index (κ2) is 7.48. The fourth-order valence-electron chi connectivity index (χ4n) is 3.99. The molecule has 0 heterocycles. The molecule has 0 radical (unpaired) electrons. The predicted octanol–water partition coefficient (Wildman–Crippen LogP) is 5.15. The van der Waals surface area contributed by atoms with Gasteiger partial charge in [0.15, 0.2) is 0 Å². The van der Waals surface area contributed by atoms with Gasteiger partial charge < -0.3 is 4.74 Å². The lowest BCUT2D eigenvalue weighted by Gasteiger charge is -2.43. The van der Waals surface area contributed by atoms with E-state index in [9.17, 15) is 4.79 Å². The van der Waals surface area contributed by atoms with Gasteiger partial charge in [-0.05, 0) is 42.6 Å². The summed E-state index contributed by atoms with van der Waals surface area (Å²) in [6.07, 6.45) is 11.3. The number of hydrogen-bond donors (Lipinski definition) is 0. The first-order valence-electron chi connectivity index (χ1n) is 9.08. The van der Waals surface area contributed by atoms with Crippen molar-refractivity contribution in [2.75, 3.05) is 0 Å². The monoisotopic (exact) mass is 304 g/mol. The minimum atomic E-state index is -0.0154. The highest BCUT2D eigenvalue weighted by Crippen LogP contribution is 2.44. The molecule has 2 aliphatic rings. The number of hydrogen-bond acceptors (Lipinski definition) is 2. The van der Waals surface area contributed by atoms with Crippen LogP contribution in [0.25, 0.3) is 0 Å². The van der Waals surface area contributed by atoms with Crippen molar-refractivity contribution in [3.63, 3.8) is 0 Å². The molecule has 2 heteroatoms. The zero-order valence-corrected chi connectivity index (χ0v) is 14.8. The molecule has 0 aromatic heterocycles. The topological polar surface area (TPSA) is 26.3 Å². The van der Waals surface area contributed by atoms with E-state index in [1.54, 1.807) is 0 Å². The predicted molar refractivity (Wildman–Crippen MR) is 91.4 cm³/mol. The Bertz CT molecular complexity index is 449. The summed E-state index contributed by atoms with van der Waals surface area (Å²) in [4.78, 5) is 12.3. The van der Waals surface area contributed by atoms with Gasteiger partial charge in [0.2, 0.25) is 0 Å². The summed E-state index contributed by atoms with van der Waals surface area (Å²) in [7, 11) is 0. The van der Waals surface area contributed by atoms with Gasteiger partial charge in [0.05, 0.1) is 5.92 Å². The van der Waals surface area contributed by atoms with Crippen LogP contribution in [0.3, 0.4) is 0 Å². The van der Waals surface area contributed by atoms with Crippen molar-refractivity contribution in [2.24, 2.45) is 29.6 Å². The summed E-state index contributed by atoms with van der Waals surface area (Å²) in [5, 5.41) is 0. The number of allylic oxidation sites excluding steroid dienone is 3. The number of carbonyl (C=O) groups is 1. The Morgan fingerprint density at radius 2 is 2.09 bits per heavy atom. The Morgan fingerprint density at radius 1 is 1.36 bits per heavy atom. The number of ether oxygens (including phenoxy) is 1. The molecule has 1 unspecified atom stereocenters. The molecule has 0 amide bonds. The van der Waals surface area contributed by atoms with Crippen molar-refractivity contribution in [1.82, 2.24) is 0 Å². The molecular weight excluding hydrogens is 272 g/mol. The number of esters is 1. The molecule has 0 bridgehead atoms. The molecule has 0 fully saturated rings. The molecule has 0 saturated heterocycles. The second-order valence-electron chi connectivity index (χ2n) is 7.36. The Kier molecular flexibility index (Phi) is 5.88. The minimum absolute atomic E-state index is 0.00541. The van der Waals surface area contributed by atoms with E-state index in [4.69, 9.17) is 4.74 Å². The second-order valence-corrected chi connectivity index (χ2v) is 7.36. The summed E-state index contributed by atoms with van der Waals surface area (Å²) in [6.45, 7) is 10.8. The highest BCUT2D eigenvalue weighted by Gasteiger charge is 2.41. The van der Waals surface area contributed by atoms with Gasteiger partial charge in [0.1, 0.15) is 6.10 Å². The number of rotatable bonds is 5. The Labute approximate surface area is 136 Å². The van der Waals surface area contributed by atoms with E-state index in [0.717, 1.165) is 12.8 Å². The summed E-state index contributed by atoms with van der Waals surface area (Å²) < 4.78 is 6.00. The van der Waals surface area contributed by atoms with E-state index in [0.29, 0.717) is 23.7 Å². The van der Waals surface area contributed by atoms with Crippen LogP contribution in [0.4, 0.5) is 0 Å². The molecule has 0 N–H and O–H groups in total. The van der Waals surface area contributed by atoms with E-state index in [1.807, 2.05) is 13.8 Å². The highest BCUT2D eigenvalue weighted by atomic mass is 16.5. The lowest BCUT2D eigenvalue weighted by molar-refractivity contribution is -0.158. The van der Waals surface area contributed by atoms with E-state index in [2.05, 4.69) is 39.0 Å². The normalized spacial score (nSPS) is 35.5. The van der Waals surface area contributed by atoms with Gasteiger partial charge in [-0.1, -0.05) is 59.3 Å². The average molecular weight is 304 g/mol. The first-order valence-corrected chi connectivity index (χ1v) is 9.08. The maximum Gasteiger partial charge on any atom is 0.308 e. The average Bonchev–Trinajstić information content (AvgIpc) is 2.49. The fourth-order valence-corrected chi connectivity index (χ4v) is 3.99. The molecule has 22 heavy (non-hydrogen) atoms. The molecule has 0 aliphatic heterocycles. The maximum atomic E-state index is 12.3. The lowest BCUT2D eigenvalue weighted by Crippen LogP contribution is -2.41. The Balaban J connectivity index is 2.24. The Hall–Kier alpha value is -1.05. The molecule has 0 aromatic carbocycles. The van der Waals surface area contributed by atoms with Crippen LogP contribution in [0.5, 0.6) is 0 Å². The standard InChI is InChI=1S/C20H32O2/c1-6-8-17-15(5)9-10-16-11-13(3)12-18(19(16)17)22-20(21)14(4)7-2/h9-11,13-15,17-19H,6-8,12H2,1-5H3/t13-,14-,15-,17-,18?,19-/m0/s1. The van der Waals surface area contributed by atoms with Gasteiger partial charge in [-0.3, -0.25) is 4.79 Å². The molecule has 6 atom stereocenters. The number of fused-ring (bicyclic) bond motifs is 1. The van der Waals surface area contributed by atoms with Crippen LogP contribution in [0.2, 0.25) is 0 Å². The van der Waals surface area contributed by atoms with Crippen LogP contribution in [0.1, 0.15) is 60.3 Å². The van der Waals surface area contributed by atoms with Gasteiger partial charge in [-0.25, -0.2) is 0 Å². The van der Waals surface area contributed by atoms with Crippen LogP contribution in [-0.4, -0.2) is 12.1 Å². The van der Waals surface area contributed by atoms with Gasteiger partial charge in [-0.15, -0.1) is 0 Å². The zero-order chi connectivity index (χ0) is 16.3. The molecule has 0 aromatic rings. The van der Waals surface area contributed by atoms with Crippen LogP contribution in [-0.2, 0) is 9.53 Å². The highest BCUT2D eigenvalue weighted by molar-refractivity contribution is 5.72. The Morgan fingerprint density at radius 3 is 2.73 bits per heavy atom. The zero-order valence-electron chi connectivity index (χ0n) is 14.8. The van der Waals surface area contributed by atoms with Crippen molar-refractivity contribution in [2.45, 2.75) is 66.4 Å². The SMILES string of the molecule is CCC[C@@H]1[C@@H]2C(=C[C@H](C)CC2OC(=O)[C@@H](C)CC)C=C[C@@H]1C. The van der Waals surface area contributed by atoms with Crippen LogP contribution in [0, 0.1) is 29.6 Å². The van der Waals surface area contributed by atoms with Gasteiger partial charge in [0, 0.05) is 5.92 Å². The van der Waals surface area contributed by atoms with Gasteiger partial charge in [0.25, 0.3) is 0 Å². The summed E-state index contributed by atoms with van der Waals surface area (Å²) >= 11 is 0. The summed E-state index contributed by atoms with van der Waals surface area (Å²) in [5.41, 5.74) is 1.40. The summed E-state index contributed by atoms with van der Waals surface area (Å²) in [5.74, 6) is 2.04. The van der Waals surface area contributed by atoms with Crippen molar-refractivity contribution in [3.8, 4) is 0 Å². The molecule has 124 valence electrons. The summed E-state index contributed by atoms with van der Waals surface area (Å²) in [6, 6.07) is 0. The quantitative estimate of drug-likeness (QED) is 0.657. The smallest absolute Gasteiger partial charge is 0.308 e. The van der Waals surface area contributed by atoms with Crippen LogP contribution in [0.15, 0.2) is 23.8 Å². The van der Waals surface area contributed by atoms with Crippen molar-refractivity contribution < 1.29 is 9.53 Å². The molecule has 2 aliphatic carbocycles. The first kappa shape index (κ1) is 17.3. The molecule has 2 rings (SSSR count). The van der Waals surface area contributed by atoms with Crippen LogP contribution < -0.4 is 0 Å². The van der Waals surface area contributed by atoms with E-state index in [-0.39, 0.29) is 18.0 Å². The fraction of sp³-hybridized carbons (Fsp3) is 0.750. The molecule has 2 nitrogen and oxygen atoms in total. The van der Waals surface area contributed by atoms with Crippen molar-refractivity contribution >= 4 is 5.97 Å². The third kappa shape index (κ3) is 3.64. The molecule has 0 spiro atoms. The minimum Gasteiger partial charge on any atom is -0.461 e. The van der Waals surface area contributed by atoms with E-state index < -0.39 is 0 Å². The lowest BCUT2D eigenvalue weighted by atomic mass is 9.65. The van der Waals surface area contributed by atoms with Crippen molar-refractivity contribution in [1.29, 1.82) is 0 Å². The van der Waals surface area contributed by atoms with Gasteiger partial charge >= 0.3 is 5.97 Å². The van der Waals surface area contributed by atoms with Crippen molar-refractivity contribution in [3.05, 3.63) is 23.8 Å². The van der Waals surface area contributed by atoms with Gasteiger partial charge in [-0.2, -0.15) is 0 Å². The molecule has 0 saturated carbocycles. The number of carbonyl (C=O) groups excluding carboxylic acids is 1. The maximum absolute atomic E-state index is 12.3. The molecular formula is C20H32O2. The third-order valence-corrected chi connectivity index (χ3v) is 5.50. The van der Waals surface area contributed by atoms with E-state index >= 15 is 0 Å². The van der Waals surface area contributed by atoms with Crippen LogP contribution >= 0.6 is 0 Å². The largest absolute Gasteiger partial charge is 0.461 e.